The average Bonchev–Trinajstić information content (AvgIpc) is 2.90. The van der Waals surface area contributed by atoms with E-state index in [4.69, 9.17) is 22.9 Å². The molecule has 4 aromatic carbocycles. The van der Waals surface area contributed by atoms with Crippen molar-refractivity contribution in [3.05, 3.63) is 142 Å². The Hall–Kier alpha value is -3.28. The van der Waals surface area contributed by atoms with E-state index in [1.165, 1.54) is 0 Å². The topological polar surface area (TPSA) is 104 Å². The molecular formula is C33H40N4. The first-order chi connectivity index (χ1) is 17.6. The highest BCUT2D eigenvalue weighted by Gasteiger charge is 2.38. The molecule has 0 bridgehead atoms. The molecule has 0 aliphatic rings. The van der Waals surface area contributed by atoms with Gasteiger partial charge >= 0.3 is 0 Å². The van der Waals surface area contributed by atoms with Crippen molar-refractivity contribution in [3.8, 4) is 0 Å². The summed E-state index contributed by atoms with van der Waals surface area (Å²) in [5.41, 5.74) is 33.3. The van der Waals surface area contributed by atoms with Crippen molar-refractivity contribution in [1.29, 1.82) is 0 Å². The fraction of sp³-hybridized carbons (Fsp3) is 0.273. The van der Waals surface area contributed by atoms with Crippen molar-refractivity contribution in [2.45, 2.75) is 57.3 Å². The fourth-order valence-electron chi connectivity index (χ4n) is 5.15. The van der Waals surface area contributed by atoms with Crippen molar-refractivity contribution in [3.63, 3.8) is 0 Å². The molecule has 0 heterocycles. The summed E-state index contributed by atoms with van der Waals surface area (Å²) in [5.74, 6) is 0. The lowest BCUT2D eigenvalue weighted by Crippen LogP contribution is -2.31. The quantitative estimate of drug-likeness (QED) is 0.221. The minimum absolute atomic E-state index is 0.0376. The van der Waals surface area contributed by atoms with Crippen molar-refractivity contribution >= 4 is 0 Å². The van der Waals surface area contributed by atoms with E-state index in [1.54, 1.807) is 0 Å². The third kappa shape index (κ3) is 5.25. The Labute approximate surface area is 221 Å². The zero-order valence-corrected chi connectivity index (χ0v) is 22.4. The second-order valence-corrected chi connectivity index (χ2v) is 10.4. The Balaban J connectivity index is 2.05. The van der Waals surface area contributed by atoms with Gasteiger partial charge in [0.1, 0.15) is 0 Å². The van der Waals surface area contributed by atoms with Crippen LogP contribution in [-0.2, 0) is 5.41 Å². The second kappa shape index (κ2) is 11.0. The van der Waals surface area contributed by atoms with Gasteiger partial charge in [0.15, 0.2) is 0 Å². The smallest absolute Gasteiger partial charge is 0.0701 e. The van der Waals surface area contributed by atoms with Gasteiger partial charge in [-0.25, -0.2) is 0 Å². The minimum Gasteiger partial charge on any atom is -0.324 e. The standard InChI is InChI=1S/C33H40N4/c1-21(34)25-5-13-29(14-6-25)33(30-15-7-26(8-16-30)22(2)35,31-17-9-27(10-18-31)23(3)36)32-19-11-28(12-20-32)24(4)37/h5-24H,34-37H2,1-4H3/t21-,22-,23-,24-/m1/s1. The lowest BCUT2D eigenvalue weighted by Gasteiger charge is -2.37. The van der Waals surface area contributed by atoms with Crippen LogP contribution >= 0.6 is 0 Å². The molecule has 4 nitrogen and oxygen atoms in total. The lowest BCUT2D eigenvalue weighted by atomic mass is 9.64. The van der Waals surface area contributed by atoms with Crippen LogP contribution in [0.3, 0.4) is 0 Å². The predicted molar refractivity (Wildman–Crippen MR) is 155 cm³/mol. The van der Waals surface area contributed by atoms with Gasteiger partial charge in [-0.15, -0.1) is 0 Å². The average molecular weight is 493 g/mol. The van der Waals surface area contributed by atoms with Crippen LogP contribution in [0.1, 0.15) is 96.4 Å². The fourth-order valence-corrected chi connectivity index (χ4v) is 5.15. The van der Waals surface area contributed by atoms with E-state index in [2.05, 4.69) is 97.1 Å². The maximum atomic E-state index is 6.21. The molecule has 192 valence electrons. The highest BCUT2D eigenvalue weighted by atomic mass is 14.6. The van der Waals surface area contributed by atoms with Gasteiger partial charge in [0.05, 0.1) is 5.41 Å². The molecule has 0 aliphatic heterocycles. The largest absolute Gasteiger partial charge is 0.324 e. The van der Waals surface area contributed by atoms with E-state index < -0.39 is 5.41 Å². The van der Waals surface area contributed by atoms with Crippen LogP contribution in [0.4, 0.5) is 0 Å². The highest BCUT2D eigenvalue weighted by molar-refractivity contribution is 5.61. The van der Waals surface area contributed by atoms with Crippen LogP contribution in [-0.4, -0.2) is 0 Å². The summed E-state index contributed by atoms with van der Waals surface area (Å²) in [4.78, 5) is 0. The van der Waals surface area contributed by atoms with Crippen molar-refractivity contribution in [1.82, 2.24) is 0 Å². The summed E-state index contributed by atoms with van der Waals surface area (Å²) < 4.78 is 0. The predicted octanol–water partition coefficient (Wildman–Crippen LogP) is 6.15. The van der Waals surface area contributed by atoms with Crippen LogP contribution in [0.2, 0.25) is 0 Å². The Kier molecular flexibility index (Phi) is 7.96. The molecule has 37 heavy (non-hydrogen) atoms. The first-order valence-electron chi connectivity index (χ1n) is 13.1. The molecule has 0 amide bonds. The number of benzene rings is 4. The van der Waals surface area contributed by atoms with Gasteiger partial charge in [-0.3, -0.25) is 0 Å². The molecule has 4 aromatic rings. The van der Waals surface area contributed by atoms with Crippen LogP contribution in [0, 0.1) is 0 Å². The molecule has 0 radical (unpaired) electrons. The van der Waals surface area contributed by atoms with Gasteiger partial charge in [0.2, 0.25) is 0 Å². The molecule has 0 saturated heterocycles. The maximum absolute atomic E-state index is 6.21. The molecule has 8 N–H and O–H groups in total. The second-order valence-electron chi connectivity index (χ2n) is 10.4. The van der Waals surface area contributed by atoms with Crippen LogP contribution in [0.5, 0.6) is 0 Å². The minimum atomic E-state index is -0.570. The number of nitrogens with two attached hydrogens (primary N) is 4. The molecule has 0 aliphatic carbocycles. The van der Waals surface area contributed by atoms with E-state index in [0.717, 1.165) is 44.5 Å². The monoisotopic (exact) mass is 492 g/mol. The lowest BCUT2D eigenvalue weighted by molar-refractivity contribution is 0.732. The first-order valence-corrected chi connectivity index (χ1v) is 13.1. The molecule has 4 rings (SSSR count). The Morgan fingerprint density at radius 2 is 0.514 bits per heavy atom. The van der Waals surface area contributed by atoms with E-state index in [9.17, 15) is 0 Å². The van der Waals surface area contributed by atoms with Crippen LogP contribution in [0.15, 0.2) is 97.1 Å². The summed E-state index contributed by atoms with van der Waals surface area (Å²) in [7, 11) is 0. The van der Waals surface area contributed by atoms with E-state index in [-0.39, 0.29) is 24.2 Å². The molecule has 4 atom stereocenters. The molecule has 4 heteroatoms. The summed E-state index contributed by atoms with van der Waals surface area (Å²) in [6.45, 7) is 8.03. The first kappa shape index (κ1) is 26.8. The molecular weight excluding hydrogens is 452 g/mol. The number of rotatable bonds is 8. The Morgan fingerprint density at radius 3 is 0.649 bits per heavy atom. The van der Waals surface area contributed by atoms with Crippen LogP contribution in [0.25, 0.3) is 0 Å². The molecule has 0 spiro atoms. The van der Waals surface area contributed by atoms with Crippen molar-refractivity contribution in [2.75, 3.05) is 0 Å². The highest BCUT2D eigenvalue weighted by Crippen LogP contribution is 2.46. The molecule has 0 fully saturated rings. The van der Waals surface area contributed by atoms with E-state index in [0.29, 0.717) is 0 Å². The van der Waals surface area contributed by atoms with Crippen molar-refractivity contribution in [2.24, 2.45) is 22.9 Å². The normalized spacial score (nSPS) is 15.1. The van der Waals surface area contributed by atoms with Gasteiger partial charge in [0.25, 0.3) is 0 Å². The molecule has 0 unspecified atom stereocenters. The van der Waals surface area contributed by atoms with Gasteiger partial charge in [-0.2, -0.15) is 0 Å². The van der Waals surface area contributed by atoms with Gasteiger partial charge in [-0.05, 0) is 72.2 Å². The van der Waals surface area contributed by atoms with Gasteiger partial charge in [-0.1, -0.05) is 97.1 Å². The third-order valence-corrected chi connectivity index (χ3v) is 7.48. The number of hydrogen-bond acceptors (Lipinski definition) is 4. The van der Waals surface area contributed by atoms with Crippen molar-refractivity contribution < 1.29 is 0 Å². The third-order valence-electron chi connectivity index (χ3n) is 7.48. The maximum Gasteiger partial charge on any atom is 0.0701 e. The SMILES string of the molecule is C[C@@H](N)c1ccc(C(c2ccc([C@@H](C)N)cc2)(c2ccc([C@@H](C)N)cc2)c2ccc([C@@H](C)N)cc2)cc1. The zero-order chi connectivity index (χ0) is 26.7. The van der Waals surface area contributed by atoms with E-state index >= 15 is 0 Å². The molecule has 0 saturated carbocycles. The van der Waals surface area contributed by atoms with Gasteiger partial charge < -0.3 is 22.9 Å². The molecule has 0 aromatic heterocycles. The zero-order valence-electron chi connectivity index (χ0n) is 22.4. The Morgan fingerprint density at radius 1 is 0.351 bits per heavy atom. The number of hydrogen-bond donors (Lipinski definition) is 4. The summed E-state index contributed by atoms with van der Waals surface area (Å²) >= 11 is 0. The van der Waals surface area contributed by atoms with Crippen LogP contribution < -0.4 is 22.9 Å². The Bertz CT molecular complexity index is 1070. The van der Waals surface area contributed by atoms with Gasteiger partial charge in [0, 0.05) is 24.2 Å². The summed E-state index contributed by atoms with van der Waals surface area (Å²) in [6.07, 6.45) is 0. The summed E-state index contributed by atoms with van der Waals surface area (Å²) in [5, 5.41) is 0. The summed E-state index contributed by atoms with van der Waals surface area (Å²) in [6, 6.07) is 34.6. The van der Waals surface area contributed by atoms with E-state index in [1.807, 2.05) is 27.7 Å².